The van der Waals surface area contributed by atoms with E-state index in [4.69, 9.17) is 15.9 Å². The largest absolute Gasteiger partial charge is 0.496 e. The lowest BCUT2D eigenvalue weighted by Gasteiger charge is -2.36. The van der Waals surface area contributed by atoms with Crippen molar-refractivity contribution in [2.24, 2.45) is 11.7 Å². The summed E-state index contributed by atoms with van der Waals surface area (Å²) < 4.78 is 5.46. The maximum absolute atomic E-state index is 7.59. The molecule has 4 nitrogen and oxygen atoms in total. The van der Waals surface area contributed by atoms with Crippen LogP contribution in [-0.4, -0.2) is 30.9 Å². The molecule has 4 heteroatoms. The van der Waals surface area contributed by atoms with E-state index in [1.165, 1.54) is 25.7 Å². The fraction of sp³-hybridized carbons (Fsp3) is 0.588. The molecule has 0 aliphatic heterocycles. The third-order valence-corrected chi connectivity index (χ3v) is 4.64. The molecule has 1 saturated carbocycles. The van der Waals surface area contributed by atoms with Gasteiger partial charge in [-0.25, -0.2) is 0 Å². The Hall–Kier alpha value is -1.55. The molecule has 2 unspecified atom stereocenters. The van der Waals surface area contributed by atoms with Gasteiger partial charge in [-0.3, -0.25) is 10.3 Å². The van der Waals surface area contributed by atoms with E-state index in [-0.39, 0.29) is 5.84 Å². The Kier molecular flexibility index (Phi) is 5.23. The lowest BCUT2D eigenvalue weighted by molar-refractivity contribution is 0.132. The summed E-state index contributed by atoms with van der Waals surface area (Å²) in [6.07, 6.45) is 5.27. The van der Waals surface area contributed by atoms with Crippen LogP contribution in [0.2, 0.25) is 0 Å². The quantitative estimate of drug-likeness (QED) is 0.647. The topological polar surface area (TPSA) is 62.3 Å². The van der Waals surface area contributed by atoms with Crippen LogP contribution in [0, 0.1) is 11.3 Å². The number of hydrogen-bond acceptors (Lipinski definition) is 3. The van der Waals surface area contributed by atoms with E-state index in [1.807, 2.05) is 18.2 Å². The van der Waals surface area contributed by atoms with Gasteiger partial charge in [-0.1, -0.05) is 19.8 Å². The first-order valence-electron chi connectivity index (χ1n) is 7.74. The maximum atomic E-state index is 7.59. The number of benzene rings is 1. The molecule has 1 aliphatic carbocycles. The Morgan fingerprint density at radius 3 is 2.71 bits per heavy atom. The van der Waals surface area contributed by atoms with E-state index in [0.29, 0.717) is 6.04 Å². The Labute approximate surface area is 127 Å². The van der Waals surface area contributed by atoms with Crippen LogP contribution in [0.15, 0.2) is 18.2 Å². The van der Waals surface area contributed by atoms with Crippen molar-refractivity contribution in [3.05, 3.63) is 29.3 Å². The second-order valence-electron chi connectivity index (χ2n) is 6.18. The summed E-state index contributed by atoms with van der Waals surface area (Å²) in [6.45, 7) is 3.18. The number of amidine groups is 1. The summed E-state index contributed by atoms with van der Waals surface area (Å²) in [7, 11) is 3.88. The highest BCUT2D eigenvalue weighted by atomic mass is 16.5. The van der Waals surface area contributed by atoms with Crippen LogP contribution >= 0.6 is 0 Å². The normalized spacial score (nSPS) is 22.3. The van der Waals surface area contributed by atoms with Gasteiger partial charge in [-0.2, -0.15) is 0 Å². The molecule has 1 aromatic rings. The first-order valence-corrected chi connectivity index (χ1v) is 7.74. The molecule has 3 N–H and O–H groups in total. The molecule has 1 aromatic carbocycles. The van der Waals surface area contributed by atoms with Gasteiger partial charge in [-0.05, 0) is 44.0 Å². The third kappa shape index (κ3) is 3.76. The Bertz CT molecular complexity index is 501. The zero-order chi connectivity index (χ0) is 15.4. The third-order valence-electron chi connectivity index (χ3n) is 4.64. The van der Waals surface area contributed by atoms with Crippen molar-refractivity contribution in [2.45, 2.75) is 45.2 Å². The van der Waals surface area contributed by atoms with Crippen molar-refractivity contribution in [2.75, 3.05) is 14.2 Å². The highest BCUT2D eigenvalue weighted by Crippen LogP contribution is 2.29. The summed E-state index contributed by atoms with van der Waals surface area (Å²) >= 11 is 0. The fourth-order valence-electron chi connectivity index (χ4n) is 3.41. The van der Waals surface area contributed by atoms with Crippen molar-refractivity contribution in [3.8, 4) is 5.75 Å². The number of methoxy groups -OCH3 is 1. The maximum Gasteiger partial charge on any atom is 0.123 e. The molecular weight excluding hydrogens is 262 g/mol. The fourth-order valence-corrected chi connectivity index (χ4v) is 3.41. The summed E-state index contributed by atoms with van der Waals surface area (Å²) in [6, 6.07) is 6.35. The van der Waals surface area contributed by atoms with E-state index in [2.05, 4.69) is 18.9 Å². The van der Waals surface area contributed by atoms with Crippen molar-refractivity contribution in [1.82, 2.24) is 4.90 Å². The van der Waals surface area contributed by atoms with Gasteiger partial charge in [0.1, 0.15) is 11.6 Å². The van der Waals surface area contributed by atoms with Gasteiger partial charge in [0.2, 0.25) is 0 Å². The van der Waals surface area contributed by atoms with E-state index in [0.717, 1.165) is 29.3 Å². The number of rotatable bonds is 5. The van der Waals surface area contributed by atoms with Crippen molar-refractivity contribution in [1.29, 1.82) is 5.41 Å². The standard InChI is InChI=1S/C17H27N3O/c1-12-6-4-5-7-15(12)20(2)11-14-10-13(17(18)19)8-9-16(14)21-3/h8-10,12,15H,4-7,11H2,1-3H3,(H3,18,19). The molecule has 0 radical (unpaired) electrons. The first kappa shape index (κ1) is 15.8. The Morgan fingerprint density at radius 1 is 1.38 bits per heavy atom. The van der Waals surface area contributed by atoms with Gasteiger partial charge < -0.3 is 10.5 Å². The van der Waals surface area contributed by atoms with Crippen LogP contribution in [-0.2, 0) is 6.54 Å². The van der Waals surface area contributed by atoms with Crippen LogP contribution in [0.1, 0.15) is 43.7 Å². The van der Waals surface area contributed by atoms with E-state index in [9.17, 15) is 0 Å². The Morgan fingerprint density at radius 2 is 2.10 bits per heavy atom. The SMILES string of the molecule is COc1ccc(C(=N)N)cc1CN(C)C1CCCCC1C. The van der Waals surface area contributed by atoms with Crippen molar-refractivity contribution < 1.29 is 4.74 Å². The van der Waals surface area contributed by atoms with Crippen LogP contribution in [0.5, 0.6) is 5.75 Å². The second kappa shape index (κ2) is 6.94. The lowest BCUT2D eigenvalue weighted by Crippen LogP contribution is -2.38. The van der Waals surface area contributed by atoms with E-state index >= 15 is 0 Å². The molecule has 0 spiro atoms. The number of ether oxygens (including phenoxy) is 1. The van der Waals surface area contributed by atoms with Crippen molar-refractivity contribution in [3.63, 3.8) is 0 Å². The minimum atomic E-state index is 0.104. The van der Waals surface area contributed by atoms with Gasteiger partial charge in [0.05, 0.1) is 7.11 Å². The molecule has 1 fully saturated rings. The molecule has 2 atom stereocenters. The van der Waals surface area contributed by atoms with E-state index < -0.39 is 0 Å². The summed E-state index contributed by atoms with van der Waals surface area (Å²) in [5.74, 6) is 1.72. The molecule has 116 valence electrons. The Balaban J connectivity index is 2.16. The predicted octanol–water partition coefficient (Wildman–Crippen LogP) is 2.99. The highest BCUT2D eigenvalue weighted by Gasteiger charge is 2.25. The van der Waals surface area contributed by atoms with Gasteiger partial charge in [0, 0.05) is 23.7 Å². The number of nitrogen functional groups attached to an aromatic ring is 1. The van der Waals surface area contributed by atoms with Crippen LogP contribution in [0.4, 0.5) is 0 Å². The minimum absolute atomic E-state index is 0.104. The average molecular weight is 289 g/mol. The molecule has 1 aliphatic rings. The predicted molar refractivity (Wildman–Crippen MR) is 86.9 cm³/mol. The van der Waals surface area contributed by atoms with Gasteiger partial charge in [-0.15, -0.1) is 0 Å². The minimum Gasteiger partial charge on any atom is -0.496 e. The molecule has 2 rings (SSSR count). The van der Waals surface area contributed by atoms with Gasteiger partial charge in [0.25, 0.3) is 0 Å². The number of hydrogen-bond donors (Lipinski definition) is 2. The molecular formula is C17H27N3O. The van der Waals surface area contributed by atoms with Crippen LogP contribution in [0.25, 0.3) is 0 Å². The zero-order valence-electron chi connectivity index (χ0n) is 13.4. The van der Waals surface area contributed by atoms with Crippen LogP contribution < -0.4 is 10.5 Å². The monoisotopic (exact) mass is 289 g/mol. The summed E-state index contributed by atoms with van der Waals surface area (Å²) in [5.41, 5.74) is 7.46. The first-order chi connectivity index (χ1) is 10.0. The molecule has 0 bridgehead atoms. The molecule has 0 heterocycles. The smallest absolute Gasteiger partial charge is 0.123 e. The second-order valence-corrected chi connectivity index (χ2v) is 6.18. The average Bonchev–Trinajstić information content (AvgIpc) is 2.47. The molecule has 21 heavy (non-hydrogen) atoms. The number of nitrogens with one attached hydrogen (secondary N) is 1. The van der Waals surface area contributed by atoms with E-state index in [1.54, 1.807) is 7.11 Å². The zero-order valence-corrected chi connectivity index (χ0v) is 13.4. The molecule has 0 aromatic heterocycles. The van der Waals surface area contributed by atoms with Crippen molar-refractivity contribution >= 4 is 5.84 Å². The summed E-state index contributed by atoms with van der Waals surface area (Å²) in [5, 5.41) is 7.59. The van der Waals surface area contributed by atoms with Gasteiger partial charge >= 0.3 is 0 Å². The van der Waals surface area contributed by atoms with Crippen LogP contribution in [0.3, 0.4) is 0 Å². The molecule has 0 amide bonds. The number of nitrogens with zero attached hydrogens (tertiary/aromatic N) is 1. The molecule has 0 saturated heterocycles. The lowest BCUT2D eigenvalue weighted by atomic mass is 9.85. The van der Waals surface area contributed by atoms with Gasteiger partial charge in [0.15, 0.2) is 0 Å². The number of nitrogens with two attached hydrogens (primary N) is 1. The summed E-state index contributed by atoms with van der Waals surface area (Å²) in [4.78, 5) is 2.42. The highest BCUT2D eigenvalue weighted by molar-refractivity contribution is 5.95.